The second-order valence-electron chi connectivity index (χ2n) is 6.29. The molecule has 1 amide bonds. The predicted molar refractivity (Wildman–Crippen MR) is 95.6 cm³/mol. The van der Waals surface area contributed by atoms with E-state index in [1.54, 1.807) is 18.5 Å². The Balaban J connectivity index is 0.00000169. The average molecular weight is 366 g/mol. The molecule has 2 aromatic heterocycles. The van der Waals surface area contributed by atoms with Crippen molar-refractivity contribution in [1.82, 2.24) is 25.6 Å². The van der Waals surface area contributed by atoms with Crippen LogP contribution in [0.25, 0.3) is 10.8 Å². The number of amides is 1. The van der Waals surface area contributed by atoms with Gasteiger partial charge in [0.25, 0.3) is 5.91 Å². The van der Waals surface area contributed by atoms with E-state index in [1.807, 2.05) is 6.92 Å². The van der Waals surface area contributed by atoms with Gasteiger partial charge in [0.15, 0.2) is 10.8 Å². The van der Waals surface area contributed by atoms with E-state index < -0.39 is 0 Å². The predicted octanol–water partition coefficient (Wildman–Crippen LogP) is 2.34. The number of nitrogens with one attached hydrogen (secondary N) is 2. The lowest BCUT2D eigenvalue weighted by molar-refractivity contribution is 0.0927. The number of halogens is 1. The van der Waals surface area contributed by atoms with Gasteiger partial charge in [-0.15, -0.1) is 23.7 Å². The van der Waals surface area contributed by atoms with E-state index in [0.717, 1.165) is 18.5 Å². The fraction of sp³-hybridized carbons (Fsp3) is 0.500. The highest BCUT2D eigenvalue weighted by molar-refractivity contribution is 7.17. The SMILES string of the molecule is Cc1nc(-c2ncccn2)sc1C(=O)NC1CC2CCC(C1)N2.Cl. The van der Waals surface area contributed by atoms with Crippen LogP contribution in [0, 0.1) is 6.92 Å². The molecular weight excluding hydrogens is 346 g/mol. The van der Waals surface area contributed by atoms with E-state index in [0.29, 0.717) is 27.8 Å². The average Bonchev–Trinajstić information content (AvgIpc) is 3.11. The van der Waals surface area contributed by atoms with Crippen molar-refractivity contribution in [3.63, 3.8) is 0 Å². The summed E-state index contributed by atoms with van der Waals surface area (Å²) in [5.41, 5.74) is 0.742. The molecule has 0 saturated carbocycles. The zero-order chi connectivity index (χ0) is 15.8. The number of hydrogen-bond acceptors (Lipinski definition) is 6. The largest absolute Gasteiger partial charge is 0.348 e. The normalized spacial score (nSPS) is 25.1. The number of aryl methyl sites for hydroxylation is 1. The highest BCUT2D eigenvalue weighted by Crippen LogP contribution is 2.28. The van der Waals surface area contributed by atoms with E-state index in [2.05, 4.69) is 25.6 Å². The molecule has 2 aliphatic heterocycles. The molecule has 0 radical (unpaired) electrons. The van der Waals surface area contributed by atoms with E-state index in [-0.39, 0.29) is 24.4 Å². The van der Waals surface area contributed by atoms with E-state index in [4.69, 9.17) is 0 Å². The van der Waals surface area contributed by atoms with Gasteiger partial charge in [-0.3, -0.25) is 4.79 Å². The summed E-state index contributed by atoms with van der Waals surface area (Å²) in [6.07, 6.45) is 7.87. The number of rotatable bonds is 3. The van der Waals surface area contributed by atoms with Crippen molar-refractivity contribution in [2.75, 3.05) is 0 Å². The summed E-state index contributed by atoms with van der Waals surface area (Å²) in [6, 6.07) is 3.16. The number of nitrogens with zero attached hydrogens (tertiary/aromatic N) is 3. The van der Waals surface area contributed by atoms with Crippen LogP contribution in [0.3, 0.4) is 0 Å². The maximum Gasteiger partial charge on any atom is 0.263 e. The first-order chi connectivity index (χ1) is 11.2. The Kier molecular flexibility index (Phi) is 5.12. The number of hydrogen-bond donors (Lipinski definition) is 2. The molecule has 2 N–H and O–H groups in total. The second-order valence-corrected chi connectivity index (χ2v) is 7.28. The number of piperidine rings is 1. The van der Waals surface area contributed by atoms with Crippen LogP contribution in [-0.2, 0) is 0 Å². The van der Waals surface area contributed by atoms with Gasteiger partial charge in [-0.05, 0) is 38.7 Å². The monoisotopic (exact) mass is 365 g/mol. The Morgan fingerprint density at radius 2 is 1.92 bits per heavy atom. The van der Waals surface area contributed by atoms with Crippen LogP contribution >= 0.6 is 23.7 Å². The molecule has 24 heavy (non-hydrogen) atoms. The van der Waals surface area contributed by atoms with E-state index in [1.165, 1.54) is 24.2 Å². The molecule has 8 heteroatoms. The number of aromatic nitrogens is 3. The van der Waals surface area contributed by atoms with Gasteiger partial charge >= 0.3 is 0 Å². The lowest BCUT2D eigenvalue weighted by Crippen LogP contribution is -2.48. The fourth-order valence-electron chi connectivity index (χ4n) is 3.54. The first-order valence-corrected chi connectivity index (χ1v) is 8.82. The summed E-state index contributed by atoms with van der Waals surface area (Å²) >= 11 is 1.36. The van der Waals surface area contributed by atoms with Gasteiger partial charge in [-0.1, -0.05) is 0 Å². The summed E-state index contributed by atoms with van der Waals surface area (Å²) in [6.45, 7) is 1.87. The van der Waals surface area contributed by atoms with Crippen molar-refractivity contribution in [2.45, 2.75) is 50.7 Å². The summed E-state index contributed by atoms with van der Waals surface area (Å²) in [7, 11) is 0. The van der Waals surface area contributed by atoms with Crippen LogP contribution in [0.1, 0.15) is 41.0 Å². The Morgan fingerprint density at radius 1 is 1.25 bits per heavy atom. The van der Waals surface area contributed by atoms with Crippen LogP contribution in [0.5, 0.6) is 0 Å². The van der Waals surface area contributed by atoms with E-state index >= 15 is 0 Å². The number of fused-ring (bicyclic) bond motifs is 2. The Labute approximate surface area is 150 Å². The van der Waals surface area contributed by atoms with Crippen LogP contribution < -0.4 is 10.6 Å². The van der Waals surface area contributed by atoms with Gasteiger partial charge in [0.2, 0.25) is 0 Å². The standard InChI is InChI=1S/C16H19N5OS.ClH/c1-9-13(23-16(19-9)14-17-5-2-6-18-14)15(22)21-12-7-10-3-4-11(8-12)20-10;/h2,5-6,10-12,20H,3-4,7-8H2,1H3,(H,21,22);1H. The third-order valence-corrected chi connectivity index (χ3v) is 5.72. The molecule has 4 heterocycles. The van der Waals surface area contributed by atoms with Crippen LogP contribution in [-0.4, -0.2) is 39.0 Å². The van der Waals surface area contributed by atoms with Crippen molar-refractivity contribution in [2.24, 2.45) is 0 Å². The third kappa shape index (κ3) is 3.43. The van der Waals surface area contributed by atoms with Crippen LogP contribution in [0.4, 0.5) is 0 Å². The van der Waals surface area contributed by atoms with Crippen molar-refractivity contribution in [3.8, 4) is 10.8 Å². The fourth-order valence-corrected chi connectivity index (χ4v) is 4.46. The van der Waals surface area contributed by atoms with Crippen molar-refractivity contribution < 1.29 is 4.79 Å². The van der Waals surface area contributed by atoms with Gasteiger partial charge in [0.05, 0.1) is 5.69 Å². The summed E-state index contributed by atoms with van der Waals surface area (Å²) in [5.74, 6) is 0.549. The molecule has 2 aliphatic rings. The van der Waals surface area contributed by atoms with Gasteiger partial charge in [0.1, 0.15) is 4.88 Å². The van der Waals surface area contributed by atoms with Crippen molar-refractivity contribution in [3.05, 3.63) is 29.0 Å². The minimum Gasteiger partial charge on any atom is -0.348 e. The number of carbonyl (C=O) groups excluding carboxylic acids is 1. The smallest absolute Gasteiger partial charge is 0.263 e. The maximum atomic E-state index is 12.6. The second kappa shape index (κ2) is 7.13. The molecule has 2 atom stereocenters. The lowest BCUT2D eigenvalue weighted by Gasteiger charge is -2.29. The zero-order valence-corrected chi connectivity index (χ0v) is 15.0. The van der Waals surface area contributed by atoms with Crippen LogP contribution in [0.2, 0.25) is 0 Å². The van der Waals surface area contributed by atoms with Crippen LogP contribution in [0.15, 0.2) is 18.5 Å². The minimum atomic E-state index is -0.0199. The van der Waals surface area contributed by atoms with Gasteiger partial charge in [-0.2, -0.15) is 0 Å². The number of thiazole rings is 1. The topological polar surface area (TPSA) is 79.8 Å². The Morgan fingerprint density at radius 3 is 2.58 bits per heavy atom. The van der Waals surface area contributed by atoms with Gasteiger partial charge in [0, 0.05) is 30.5 Å². The van der Waals surface area contributed by atoms with Crippen molar-refractivity contribution in [1.29, 1.82) is 0 Å². The maximum absolute atomic E-state index is 12.6. The lowest BCUT2D eigenvalue weighted by atomic mass is 10.00. The molecule has 128 valence electrons. The molecule has 4 rings (SSSR count). The Hall–Kier alpha value is -1.57. The minimum absolute atomic E-state index is 0. The highest BCUT2D eigenvalue weighted by atomic mass is 35.5. The molecule has 2 aromatic rings. The van der Waals surface area contributed by atoms with Crippen molar-refractivity contribution >= 4 is 29.7 Å². The molecule has 2 saturated heterocycles. The molecule has 2 unspecified atom stereocenters. The summed E-state index contributed by atoms with van der Waals surface area (Å²) < 4.78 is 0. The first-order valence-electron chi connectivity index (χ1n) is 8.01. The summed E-state index contributed by atoms with van der Waals surface area (Å²) in [4.78, 5) is 26.1. The van der Waals surface area contributed by atoms with Gasteiger partial charge in [-0.25, -0.2) is 15.0 Å². The Bertz CT molecular complexity index is 711. The first kappa shape index (κ1) is 17.3. The molecule has 6 nitrogen and oxygen atoms in total. The summed E-state index contributed by atoms with van der Waals surface area (Å²) in [5, 5.41) is 7.48. The molecule has 0 aliphatic carbocycles. The number of carbonyl (C=O) groups is 1. The van der Waals surface area contributed by atoms with E-state index in [9.17, 15) is 4.79 Å². The quantitative estimate of drug-likeness (QED) is 0.872. The molecule has 2 bridgehead atoms. The van der Waals surface area contributed by atoms with Gasteiger partial charge < -0.3 is 10.6 Å². The third-order valence-electron chi connectivity index (χ3n) is 4.57. The molecule has 2 fully saturated rings. The molecule has 0 aromatic carbocycles. The highest BCUT2D eigenvalue weighted by Gasteiger charge is 2.34. The molecule has 0 spiro atoms. The zero-order valence-electron chi connectivity index (χ0n) is 13.4. The molecular formula is C16H20ClN5OS.